The topological polar surface area (TPSA) is 17.8 Å². The van der Waals surface area contributed by atoms with Crippen LogP contribution in [0.4, 0.5) is 0 Å². The molecule has 0 N–H and O–H groups in total. The van der Waals surface area contributed by atoms with Crippen molar-refractivity contribution in [3.8, 4) is 0 Å². The van der Waals surface area contributed by atoms with E-state index in [2.05, 4.69) is 59.2 Å². The number of aryl methyl sites for hydroxylation is 1. The van der Waals surface area contributed by atoms with E-state index >= 15 is 0 Å². The maximum atomic E-state index is 4.45. The van der Waals surface area contributed by atoms with Gasteiger partial charge in [-0.05, 0) is 24.1 Å². The van der Waals surface area contributed by atoms with Gasteiger partial charge in [-0.3, -0.25) is 4.68 Å². The van der Waals surface area contributed by atoms with Gasteiger partial charge in [-0.2, -0.15) is 5.10 Å². The van der Waals surface area contributed by atoms with Gasteiger partial charge < -0.3 is 0 Å². The molecule has 3 rings (SSSR count). The third kappa shape index (κ3) is 1.94. The van der Waals surface area contributed by atoms with Gasteiger partial charge in [0.05, 0.1) is 18.3 Å². The van der Waals surface area contributed by atoms with Crippen molar-refractivity contribution in [1.82, 2.24) is 9.78 Å². The Balaban J connectivity index is 2.03. The molecule has 2 aromatic carbocycles. The molecule has 0 aliphatic heterocycles. The lowest BCUT2D eigenvalue weighted by Gasteiger charge is -2.04. The Kier molecular flexibility index (Phi) is 2.41. The molecule has 0 spiro atoms. The molecule has 0 aliphatic carbocycles. The molecule has 0 saturated heterocycles. The molecule has 0 saturated carbocycles. The summed E-state index contributed by atoms with van der Waals surface area (Å²) in [4.78, 5) is 0. The molecule has 2 heteroatoms. The lowest BCUT2D eigenvalue weighted by Crippen LogP contribution is -2.00. The predicted octanol–water partition coefficient (Wildman–Crippen LogP) is 3.39. The Morgan fingerprint density at radius 2 is 1.88 bits per heavy atom. The Hall–Kier alpha value is -2.09. The summed E-state index contributed by atoms with van der Waals surface area (Å²) in [5.41, 5.74) is 3.75. The zero-order valence-corrected chi connectivity index (χ0v) is 9.80. The molecule has 0 radical (unpaired) electrons. The molecule has 0 amide bonds. The van der Waals surface area contributed by atoms with Crippen LogP contribution in [0.15, 0.2) is 54.7 Å². The number of nitrogens with zero attached hydrogens (tertiary/aromatic N) is 2. The molecule has 0 aliphatic rings. The van der Waals surface area contributed by atoms with Crippen LogP contribution in [0, 0.1) is 6.92 Å². The van der Waals surface area contributed by atoms with Crippen molar-refractivity contribution in [1.29, 1.82) is 0 Å². The average molecular weight is 222 g/mol. The highest BCUT2D eigenvalue weighted by Crippen LogP contribution is 2.16. The first-order valence-corrected chi connectivity index (χ1v) is 5.79. The molecule has 2 nitrogen and oxygen atoms in total. The molecule has 0 bridgehead atoms. The van der Waals surface area contributed by atoms with Gasteiger partial charge in [0.25, 0.3) is 0 Å². The average Bonchev–Trinajstić information content (AvgIpc) is 2.73. The molecule has 0 atom stereocenters. The van der Waals surface area contributed by atoms with Gasteiger partial charge in [0.2, 0.25) is 0 Å². The summed E-state index contributed by atoms with van der Waals surface area (Å²) in [6.07, 6.45) is 1.93. The predicted molar refractivity (Wildman–Crippen MR) is 70.0 cm³/mol. The number of aromatic nitrogens is 2. The molecule has 1 aromatic heterocycles. The summed E-state index contributed by atoms with van der Waals surface area (Å²) >= 11 is 0. The third-order valence-corrected chi connectivity index (χ3v) is 2.98. The molecular weight excluding hydrogens is 208 g/mol. The van der Waals surface area contributed by atoms with E-state index in [1.165, 1.54) is 22.0 Å². The SMILES string of the molecule is Cc1ccc2cnn(Cc3ccccc3)c2c1. The Morgan fingerprint density at radius 1 is 1.06 bits per heavy atom. The van der Waals surface area contributed by atoms with Gasteiger partial charge in [-0.15, -0.1) is 0 Å². The minimum absolute atomic E-state index is 0.827. The first kappa shape index (κ1) is 10.1. The second kappa shape index (κ2) is 4.06. The van der Waals surface area contributed by atoms with E-state index in [0.29, 0.717) is 0 Å². The molecule has 84 valence electrons. The van der Waals surface area contributed by atoms with Crippen molar-refractivity contribution in [2.45, 2.75) is 13.5 Å². The molecule has 17 heavy (non-hydrogen) atoms. The van der Waals surface area contributed by atoms with Crippen molar-refractivity contribution in [3.63, 3.8) is 0 Å². The summed E-state index contributed by atoms with van der Waals surface area (Å²) in [6, 6.07) is 16.8. The zero-order valence-electron chi connectivity index (χ0n) is 9.80. The highest BCUT2D eigenvalue weighted by Gasteiger charge is 2.03. The van der Waals surface area contributed by atoms with Crippen LogP contribution in [0.25, 0.3) is 10.9 Å². The molecule has 1 heterocycles. The fourth-order valence-corrected chi connectivity index (χ4v) is 2.06. The van der Waals surface area contributed by atoms with E-state index in [-0.39, 0.29) is 0 Å². The number of rotatable bonds is 2. The normalized spacial score (nSPS) is 10.9. The van der Waals surface area contributed by atoms with Crippen LogP contribution in [0.2, 0.25) is 0 Å². The van der Waals surface area contributed by atoms with Crippen molar-refractivity contribution in [2.75, 3.05) is 0 Å². The Morgan fingerprint density at radius 3 is 2.71 bits per heavy atom. The summed E-state index contributed by atoms with van der Waals surface area (Å²) in [6.45, 7) is 2.94. The van der Waals surface area contributed by atoms with Crippen molar-refractivity contribution >= 4 is 10.9 Å². The largest absolute Gasteiger partial charge is 0.260 e. The number of benzene rings is 2. The first-order valence-electron chi connectivity index (χ1n) is 5.79. The summed E-state index contributed by atoms with van der Waals surface area (Å²) in [5, 5.41) is 5.65. The van der Waals surface area contributed by atoms with Crippen LogP contribution < -0.4 is 0 Å². The number of fused-ring (bicyclic) bond motifs is 1. The molecule has 0 unspecified atom stereocenters. The van der Waals surface area contributed by atoms with Crippen LogP contribution in [-0.4, -0.2) is 9.78 Å². The highest BCUT2D eigenvalue weighted by molar-refractivity contribution is 5.79. The zero-order chi connectivity index (χ0) is 11.7. The Labute approximate surface area is 101 Å². The van der Waals surface area contributed by atoms with Crippen molar-refractivity contribution in [2.24, 2.45) is 0 Å². The van der Waals surface area contributed by atoms with E-state index in [1.54, 1.807) is 0 Å². The summed E-state index contributed by atoms with van der Waals surface area (Å²) in [5.74, 6) is 0. The summed E-state index contributed by atoms with van der Waals surface area (Å²) < 4.78 is 2.05. The minimum Gasteiger partial charge on any atom is -0.260 e. The standard InChI is InChI=1S/C15H14N2/c1-12-7-8-14-10-16-17(15(14)9-12)11-13-5-3-2-4-6-13/h2-10H,11H2,1H3. The first-order chi connectivity index (χ1) is 8.33. The number of hydrogen-bond acceptors (Lipinski definition) is 1. The number of hydrogen-bond donors (Lipinski definition) is 0. The maximum Gasteiger partial charge on any atom is 0.0689 e. The Bertz CT molecular complexity index is 638. The van der Waals surface area contributed by atoms with Gasteiger partial charge in [0.1, 0.15) is 0 Å². The second-order valence-electron chi connectivity index (χ2n) is 4.35. The molecular formula is C15H14N2. The fraction of sp³-hybridized carbons (Fsp3) is 0.133. The van der Waals surface area contributed by atoms with Gasteiger partial charge in [-0.25, -0.2) is 0 Å². The van der Waals surface area contributed by atoms with Crippen molar-refractivity contribution in [3.05, 3.63) is 65.9 Å². The maximum absolute atomic E-state index is 4.45. The third-order valence-electron chi connectivity index (χ3n) is 2.98. The van der Waals surface area contributed by atoms with E-state index < -0.39 is 0 Å². The van der Waals surface area contributed by atoms with Gasteiger partial charge in [0, 0.05) is 5.39 Å². The van der Waals surface area contributed by atoms with Crippen LogP contribution >= 0.6 is 0 Å². The van der Waals surface area contributed by atoms with E-state index in [4.69, 9.17) is 0 Å². The van der Waals surface area contributed by atoms with Crippen LogP contribution in [-0.2, 0) is 6.54 Å². The van der Waals surface area contributed by atoms with E-state index in [9.17, 15) is 0 Å². The summed E-state index contributed by atoms with van der Waals surface area (Å²) in [7, 11) is 0. The second-order valence-corrected chi connectivity index (χ2v) is 4.35. The van der Waals surface area contributed by atoms with Gasteiger partial charge >= 0.3 is 0 Å². The molecule has 0 fully saturated rings. The molecule has 3 aromatic rings. The lowest BCUT2D eigenvalue weighted by atomic mass is 10.2. The van der Waals surface area contributed by atoms with Crippen LogP contribution in [0.5, 0.6) is 0 Å². The van der Waals surface area contributed by atoms with E-state index in [1.807, 2.05) is 12.3 Å². The minimum atomic E-state index is 0.827. The smallest absolute Gasteiger partial charge is 0.0689 e. The quantitative estimate of drug-likeness (QED) is 0.650. The lowest BCUT2D eigenvalue weighted by molar-refractivity contribution is 0.712. The fourth-order valence-electron chi connectivity index (χ4n) is 2.06. The van der Waals surface area contributed by atoms with Gasteiger partial charge in [0.15, 0.2) is 0 Å². The van der Waals surface area contributed by atoms with Crippen molar-refractivity contribution < 1.29 is 0 Å². The highest BCUT2D eigenvalue weighted by atomic mass is 15.3. The van der Waals surface area contributed by atoms with E-state index in [0.717, 1.165) is 6.54 Å². The monoisotopic (exact) mass is 222 g/mol. The van der Waals surface area contributed by atoms with Gasteiger partial charge in [-0.1, -0.05) is 42.5 Å². The van der Waals surface area contributed by atoms with Crippen LogP contribution in [0.1, 0.15) is 11.1 Å². The van der Waals surface area contributed by atoms with Crippen LogP contribution in [0.3, 0.4) is 0 Å².